The zero-order chi connectivity index (χ0) is 16.2. The van der Waals surface area contributed by atoms with E-state index in [1.807, 2.05) is 0 Å². The molecule has 0 aliphatic rings. The van der Waals surface area contributed by atoms with Crippen LogP contribution in [0.25, 0.3) is 0 Å². The number of rotatable bonds is 5. The summed E-state index contributed by atoms with van der Waals surface area (Å²) >= 11 is 5.68. The number of Topliss-reactive ketones (excluding diaryl/α,β-unsaturated/α-hetero) is 2. The molecule has 96 valence electrons. The Morgan fingerprint density at radius 1 is 1.33 bits per heavy atom. The highest BCUT2D eigenvalue weighted by Crippen LogP contribution is 2.14. The smallest absolute Gasteiger partial charge is 0.375 e. The number of hydrogen-bond acceptors (Lipinski definition) is 4. The maximum absolute atomic E-state index is 12.2. The largest absolute Gasteiger partial charge is 0.460 e. The van der Waals surface area contributed by atoms with Crippen LogP contribution < -0.4 is 0 Å². The third-order valence-electron chi connectivity index (χ3n) is 2.13. The van der Waals surface area contributed by atoms with Gasteiger partial charge in [-0.2, -0.15) is 0 Å². The number of carbonyl (C=O) groups excluding carboxylic acids is 3. The van der Waals surface area contributed by atoms with Gasteiger partial charge >= 0.3 is 5.97 Å². The van der Waals surface area contributed by atoms with Crippen molar-refractivity contribution in [1.82, 2.24) is 0 Å². The molecule has 4 nitrogen and oxygen atoms in total. The summed E-state index contributed by atoms with van der Waals surface area (Å²) in [5, 5.41) is 0.355. The molecular formula is C13H13ClO4. The zero-order valence-electron chi connectivity index (χ0n) is 12.6. The van der Waals surface area contributed by atoms with Crippen LogP contribution in [0.2, 0.25) is 5.02 Å². The molecule has 0 N–H and O–H groups in total. The molecule has 0 radical (unpaired) electrons. The second-order valence-corrected chi connectivity index (χ2v) is 3.83. The molecular weight excluding hydrogens is 256 g/mol. The Bertz CT molecular complexity index is 552. The first-order valence-corrected chi connectivity index (χ1v) is 5.57. The Morgan fingerprint density at radius 2 is 1.94 bits per heavy atom. The van der Waals surface area contributed by atoms with Crippen molar-refractivity contribution in [3.8, 4) is 0 Å². The molecule has 0 fully saturated rings. The molecule has 0 aromatic heterocycles. The van der Waals surface area contributed by atoms with E-state index in [-0.39, 0.29) is 12.2 Å². The second-order valence-electron chi connectivity index (χ2n) is 3.39. The molecule has 0 saturated carbocycles. The monoisotopic (exact) mass is 271 g/mol. The number of ketones is 2. The van der Waals surface area contributed by atoms with Crippen LogP contribution in [-0.4, -0.2) is 24.1 Å². The van der Waals surface area contributed by atoms with Gasteiger partial charge in [-0.3, -0.25) is 9.59 Å². The highest BCUT2D eigenvalue weighted by molar-refractivity contribution is 6.39. The average molecular weight is 272 g/mol. The van der Waals surface area contributed by atoms with E-state index in [1.54, 1.807) is 0 Å². The Hall–Kier alpha value is -1.68. The van der Waals surface area contributed by atoms with Gasteiger partial charge in [-0.25, -0.2) is 4.79 Å². The molecule has 0 aliphatic heterocycles. The van der Waals surface area contributed by atoms with E-state index >= 15 is 0 Å². The van der Waals surface area contributed by atoms with Gasteiger partial charge < -0.3 is 4.74 Å². The second kappa shape index (κ2) is 6.31. The number of hydrogen-bond donors (Lipinski definition) is 0. The Balaban J connectivity index is 3.14. The molecule has 0 amide bonds. The molecule has 0 bridgehead atoms. The average Bonchev–Trinajstić information content (AvgIpc) is 2.38. The summed E-state index contributed by atoms with van der Waals surface area (Å²) in [4.78, 5) is 35.5. The zero-order valence-corrected chi connectivity index (χ0v) is 10.4. The van der Waals surface area contributed by atoms with Crippen molar-refractivity contribution in [3.63, 3.8) is 0 Å². The van der Waals surface area contributed by atoms with Crippen molar-refractivity contribution in [3.05, 3.63) is 34.9 Å². The minimum atomic E-state index is -2.94. The van der Waals surface area contributed by atoms with E-state index in [0.29, 0.717) is 5.02 Å². The first-order chi connectivity index (χ1) is 9.68. The van der Waals surface area contributed by atoms with Crippen molar-refractivity contribution >= 4 is 29.1 Å². The number of ether oxygens (including phenoxy) is 1. The summed E-state index contributed by atoms with van der Waals surface area (Å²) in [6.07, 6.45) is 0. The fourth-order valence-corrected chi connectivity index (χ4v) is 1.35. The minimum Gasteiger partial charge on any atom is -0.460 e. The normalized spacial score (nSPS) is 14.9. The SMILES string of the molecule is [2H]C([2H])([2H])C(C(=O)C(=O)OCC)C(=O)c1ccc(Cl)cc1. The van der Waals surface area contributed by atoms with Crippen LogP contribution in [0.3, 0.4) is 0 Å². The lowest BCUT2D eigenvalue weighted by molar-refractivity contribution is -0.154. The van der Waals surface area contributed by atoms with Gasteiger partial charge in [0.2, 0.25) is 0 Å². The van der Waals surface area contributed by atoms with E-state index in [0.717, 1.165) is 0 Å². The van der Waals surface area contributed by atoms with Gasteiger partial charge in [0.15, 0.2) is 5.78 Å². The van der Waals surface area contributed by atoms with Crippen molar-refractivity contribution in [1.29, 1.82) is 0 Å². The van der Waals surface area contributed by atoms with Gasteiger partial charge in [0.1, 0.15) is 0 Å². The van der Waals surface area contributed by atoms with Crippen LogP contribution in [-0.2, 0) is 14.3 Å². The quantitative estimate of drug-likeness (QED) is 0.357. The number of carbonyl (C=O) groups is 3. The van der Waals surface area contributed by atoms with Gasteiger partial charge in [-0.15, -0.1) is 0 Å². The lowest BCUT2D eigenvalue weighted by Crippen LogP contribution is -2.29. The van der Waals surface area contributed by atoms with Crippen LogP contribution in [0.1, 0.15) is 28.2 Å². The summed E-state index contributed by atoms with van der Waals surface area (Å²) in [5.41, 5.74) is -0.0156. The van der Waals surface area contributed by atoms with E-state index in [2.05, 4.69) is 4.74 Å². The molecule has 1 aromatic carbocycles. The third-order valence-corrected chi connectivity index (χ3v) is 2.38. The number of esters is 1. The number of benzene rings is 1. The minimum absolute atomic E-state index is 0.0156. The first-order valence-electron chi connectivity index (χ1n) is 6.69. The molecule has 1 rings (SSSR count). The van der Waals surface area contributed by atoms with Crippen LogP contribution in [0.15, 0.2) is 24.3 Å². The van der Waals surface area contributed by atoms with E-state index < -0.39 is 30.3 Å². The highest BCUT2D eigenvalue weighted by Gasteiger charge is 2.29. The fraction of sp³-hybridized carbons (Fsp3) is 0.308. The topological polar surface area (TPSA) is 60.4 Å². The fourth-order valence-electron chi connectivity index (χ4n) is 1.22. The Labute approximate surface area is 114 Å². The molecule has 1 aromatic rings. The standard InChI is InChI=1S/C13H13ClO4/c1-3-18-13(17)12(16)8(2)11(15)9-4-6-10(14)7-5-9/h4-8H,3H2,1-2H3/i2D3. The van der Waals surface area contributed by atoms with Crippen molar-refractivity contribution in [2.45, 2.75) is 13.8 Å². The summed E-state index contributed by atoms with van der Waals surface area (Å²) < 4.78 is 26.4. The Kier molecular flexibility index (Phi) is 3.60. The van der Waals surface area contributed by atoms with Gasteiger partial charge in [0.05, 0.1) is 12.5 Å². The molecule has 18 heavy (non-hydrogen) atoms. The predicted octanol–water partition coefficient (Wildman–Crippen LogP) is 2.29. The van der Waals surface area contributed by atoms with Gasteiger partial charge in [0, 0.05) is 14.7 Å². The van der Waals surface area contributed by atoms with Crippen LogP contribution in [0, 0.1) is 5.92 Å². The van der Waals surface area contributed by atoms with E-state index in [1.165, 1.54) is 31.2 Å². The lowest BCUT2D eigenvalue weighted by Gasteiger charge is -2.08. The summed E-state index contributed by atoms with van der Waals surface area (Å²) in [6, 6.07) is 5.37. The van der Waals surface area contributed by atoms with Crippen LogP contribution in [0.4, 0.5) is 0 Å². The van der Waals surface area contributed by atoms with E-state index in [4.69, 9.17) is 15.7 Å². The molecule has 5 heteroatoms. The summed E-state index contributed by atoms with van der Waals surface area (Å²) in [7, 11) is 0. The van der Waals surface area contributed by atoms with Crippen molar-refractivity contribution in [2.24, 2.45) is 5.92 Å². The molecule has 1 atom stereocenters. The molecule has 1 unspecified atom stereocenters. The van der Waals surface area contributed by atoms with Gasteiger partial charge in [0.25, 0.3) is 5.78 Å². The third kappa shape index (κ3) is 3.40. The molecule has 0 heterocycles. The van der Waals surface area contributed by atoms with Crippen molar-refractivity contribution in [2.75, 3.05) is 6.61 Å². The van der Waals surface area contributed by atoms with Crippen LogP contribution >= 0.6 is 11.6 Å². The molecule has 0 saturated heterocycles. The molecule has 0 aliphatic carbocycles. The van der Waals surface area contributed by atoms with Gasteiger partial charge in [-0.05, 0) is 38.0 Å². The lowest BCUT2D eigenvalue weighted by atomic mass is 9.95. The summed E-state index contributed by atoms with van der Waals surface area (Å²) in [6.45, 7) is -1.56. The molecule has 0 spiro atoms. The highest BCUT2D eigenvalue weighted by atomic mass is 35.5. The first kappa shape index (κ1) is 10.3. The van der Waals surface area contributed by atoms with E-state index in [9.17, 15) is 14.4 Å². The van der Waals surface area contributed by atoms with Crippen molar-refractivity contribution < 1.29 is 23.2 Å². The number of halogens is 1. The predicted molar refractivity (Wildman–Crippen MR) is 66.6 cm³/mol. The maximum atomic E-state index is 12.2. The van der Waals surface area contributed by atoms with Gasteiger partial charge in [-0.1, -0.05) is 11.6 Å². The summed E-state index contributed by atoms with van der Waals surface area (Å²) in [5.74, 6) is -5.76. The Morgan fingerprint density at radius 3 is 2.44 bits per heavy atom. The maximum Gasteiger partial charge on any atom is 0.375 e. The van der Waals surface area contributed by atoms with Crippen LogP contribution in [0.5, 0.6) is 0 Å².